The van der Waals surface area contributed by atoms with Crippen molar-refractivity contribution in [2.45, 2.75) is 31.7 Å². The molecular weight excluding hydrogens is 280 g/mol. The molecular formula is C16H20N4O2. The van der Waals surface area contributed by atoms with Crippen LogP contribution >= 0.6 is 0 Å². The Morgan fingerprint density at radius 2 is 2.32 bits per heavy atom. The van der Waals surface area contributed by atoms with Crippen molar-refractivity contribution in [3.63, 3.8) is 0 Å². The van der Waals surface area contributed by atoms with Crippen molar-refractivity contribution >= 4 is 5.91 Å². The number of aliphatic hydroxyl groups is 1. The van der Waals surface area contributed by atoms with Crippen molar-refractivity contribution in [2.75, 3.05) is 13.2 Å². The Morgan fingerprint density at radius 3 is 3.09 bits per heavy atom. The predicted octanol–water partition coefficient (Wildman–Crippen LogP) is 1.64. The summed E-state index contributed by atoms with van der Waals surface area (Å²) in [6.45, 7) is 0.975. The van der Waals surface area contributed by atoms with Crippen molar-refractivity contribution in [1.82, 2.24) is 19.9 Å². The summed E-state index contributed by atoms with van der Waals surface area (Å²) in [4.78, 5) is 14.7. The molecule has 0 bridgehead atoms. The zero-order chi connectivity index (χ0) is 15.4. The summed E-state index contributed by atoms with van der Waals surface area (Å²) in [6.07, 6.45) is 7.03. The molecule has 6 heteroatoms. The fourth-order valence-electron chi connectivity index (χ4n) is 3.02. The Kier molecular flexibility index (Phi) is 4.48. The van der Waals surface area contributed by atoms with Crippen molar-refractivity contribution < 1.29 is 9.90 Å². The normalized spacial score (nSPS) is 17.9. The lowest BCUT2D eigenvalue weighted by Gasteiger charge is -2.24. The van der Waals surface area contributed by atoms with E-state index in [0.29, 0.717) is 5.56 Å². The third kappa shape index (κ3) is 3.01. The number of aromatic nitrogens is 3. The minimum absolute atomic E-state index is 0.0578. The Balaban J connectivity index is 1.78. The smallest absolute Gasteiger partial charge is 0.254 e. The van der Waals surface area contributed by atoms with Crippen molar-refractivity contribution in [3.05, 3.63) is 42.2 Å². The quantitative estimate of drug-likeness (QED) is 0.911. The average molecular weight is 300 g/mol. The van der Waals surface area contributed by atoms with Gasteiger partial charge in [0.05, 0.1) is 18.1 Å². The van der Waals surface area contributed by atoms with Crippen molar-refractivity contribution in [1.29, 1.82) is 0 Å². The molecule has 22 heavy (non-hydrogen) atoms. The van der Waals surface area contributed by atoms with Gasteiger partial charge in [-0.05, 0) is 43.9 Å². The standard InChI is InChI=1S/C16H20N4O2/c21-11-3-7-14-6-2-9-19(14)16(22)13-4-1-5-15(12-13)20-10-8-17-18-20/h1,4-5,8,10,12,14,21H,2-3,6-7,9,11H2. The topological polar surface area (TPSA) is 71.2 Å². The third-order valence-electron chi connectivity index (χ3n) is 4.11. The minimum atomic E-state index is 0.0578. The molecule has 0 aliphatic carbocycles. The maximum atomic E-state index is 12.8. The highest BCUT2D eigenvalue weighted by molar-refractivity contribution is 5.95. The largest absolute Gasteiger partial charge is 0.396 e. The van der Waals surface area contributed by atoms with E-state index in [4.69, 9.17) is 5.11 Å². The van der Waals surface area contributed by atoms with E-state index in [1.165, 1.54) is 0 Å². The van der Waals surface area contributed by atoms with Gasteiger partial charge in [0, 0.05) is 24.8 Å². The maximum Gasteiger partial charge on any atom is 0.254 e. The molecule has 1 unspecified atom stereocenters. The van der Waals surface area contributed by atoms with E-state index in [9.17, 15) is 4.79 Å². The number of aliphatic hydroxyl groups excluding tert-OH is 1. The summed E-state index contributed by atoms with van der Waals surface area (Å²) in [5.41, 5.74) is 1.50. The molecule has 1 aliphatic rings. The molecule has 1 aromatic heterocycles. The molecule has 116 valence electrons. The highest BCUT2D eigenvalue weighted by Gasteiger charge is 2.28. The Bertz CT molecular complexity index is 627. The molecule has 1 amide bonds. The number of hydrogen-bond acceptors (Lipinski definition) is 4. The van der Waals surface area contributed by atoms with Gasteiger partial charge < -0.3 is 10.0 Å². The average Bonchev–Trinajstić information content (AvgIpc) is 3.23. The number of hydrogen-bond donors (Lipinski definition) is 1. The summed E-state index contributed by atoms with van der Waals surface area (Å²) in [5.74, 6) is 0.0578. The van der Waals surface area contributed by atoms with Crippen LogP contribution in [0.1, 0.15) is 36.0 Å². The van der Waals surface area contributed by atoms with Gasteiger partial charge in [0.15, 0.2) is 0 Å². The van der Waals surface area contributed by atoms with E-state index in [-0.39, 0.29) is 18.6 Å². The van der Waals surface area contributed by atoms with Crippen LogP contribution in [0.2, 0.25) is 0 Å². The highest BCUT2D eigenvalue weighted by Crippen LogP contribution is 2.24. The lowest BCUT2D eigenvalue weighted by Crippen LogP contribution is -2.35. The van der Waals surface area contributed by atoms with Crippen LogP contribution in [0.25, 0.3) is 5.69 Å². The minimum Gasteiger partial charge on any atom is -0.396 e. The summed E-state index contributed by atoms with van der Waals surface area (Å²) < 4.78 is 1.64. The second-order valence-electron chi connectivity index (χ2n) is 5.56. The number of benzene rings is 1. The van der Waals surface area contributed by atoms with E-state index in [1.54, 1.807) is 17.1 Å². The Labute approximate surface area is 129 Å². The van der Waals surface area contributed by atoms with Gasteiger partial charge >= 0.3 is 0 Å². The van der Waals surface area contributed by atoms with Gasteiger partial charge in [0.1, 0.15) is 0 Å². The van der Waals surface area contributed by atoms with Gasteiger partial charge in [0.25, 0.3) is 5.91 Å². The molecule has 1 atom stereocenters. The fraction of sp³-hybridized carbons (Fsp3) is 0.438. The molecule has 2 aromatic rings. The molecule has 1 saturated heterocycles. The maximum absolute atomic E-state index is 12.8. The number of likely N-dealkylation sites (tertiary alicyclic amines) is 1. The number of nitrogens with zero attached hydrogens (tertiary/aromatic N) is 4. The highest BCUT2D eigenvalue weighted by atomic mass is 16.3. The number of carbonyl (C=O) groups is 1. The molecule has 1 aliphatic heterocycles. The van der Waals surface area contributed by atoms with Gasteiger partial charge in [0.2, 0.25) is 0 Å². The number of amides is 1. The molecule has 6 nitrogen and oxygen atoms in total. The predicted molar refractivity (Wildman–Crippen MR) is 81.7 cm³/mol. The van der Waals surface area contributed by atoms with Crippen LogP contribution in [0.5, 0.6) is 0 Å². The first kappa shape index (κ1) is 14.7. The first-order valence-electron chi connectivity index (χ1n) is 7.68. The van der Waals surface area contributed by atoms with E-state index in [1.807, 2.05) is 29.2 Å². The van der Waals surface area contributed by atoms with Gasteiger partial charge in [-0.15, -0.1) is 5.10 Å². The van der Waals surface area contributed by atoms with E-state index in [0.717, 1.165) is 37.9 Å². The van der Waals surface area contributed by atoms with Crippen molar-refractivity contribution in [2.24, 2.45) is 0 Å². The third-order valence-corrected chi connectivity index (χ3v) is 4.11. The molecule has 1 fully saturated rings. The lowest BCUT2D eigenvalue weighted by atomic mass is 10.1. The fourth-order valence-corrected chi connectivity index (χ4v) is 3.02. The molecule has 0 radical (unpaired) electrons. The van der Waals surface area contributed by atoms with Crippen LogP contribution in [0.4, 0.5) is 0 Å². The van der Waals surface area contributed by atoms with E-state index in [2.05, 4.69) is 10.3 Å². The monoisotopic (exact) mass is 300 g/mol. The summed E-state index contributed by atoms with van der Waals surface area (Å²) in [5, 5.41) is 16.7. The lowest BCUT2D eigenvalue weighted by molar-refractivity contribution is 0.0724. The van der Waals surface area contributed by atoms with Gasteiger partial charge in [-0.3, -0.25) is 4.79 Å². The van der Waals surface area contributed by atoms with Crippen LogP contribution in [-0.2, 0) is 0 Å². The van der Waals surface area contributed by atoms with Gasteiger partial charge in [-0.25, -0.2) is 4.68 Å². The molecule has 1 aromatic carbocycles. The van der Waals surface area contributed by atoms with Crippen LogP contribution in [0.3, 0.4) is 0 Å². The summed E-state index contributed by atoms with van der Waals surface area (Å²) >= 11 is 0. The zero-order valence-corrected chi connectivity index (χ0v) is 12.4. The van der Waals surface area contributed by atoms with Crippen LogP contribution < -0.4 is 0 Å². The van der Waals surface area contributed by atoms with Crippen LogP contribution in [-0.4, -0.2) is 50.1 Å². The van der Waals surface area contributed by atoms with Gasteiger partial charge in [-0.2, -0.15) is 0 Å². The molecule has 1 N–H and O–H groups in total. The molecule has 0 saturated carbocycles. The van der Waals surface area contributed by atoms with Crippen LogP contribution in [0, 0.1) is 0 Å². The molecule has 3 rings (SSSR count). The second-order valence-corrected chi connectivity index (χ2v) is 5.56. The first-order chi connectivity index (χ1) is 10.8. The van der Waals surface area contributed by atoms with Gasteiger partial charge in [-0.1, -0.05) is 11.3 Å². The second kappa shape index (κ2) is 6.70. The zero-order valence-electron chi connectivity index (χ0n) is 12.4. The first-order valence-corrected chi connectivity index (χ1v) is 7.68. The van der Waals surface area contributed by atoms with Crippen LogP contribution in [0.15, 0.2) is 36.7 Å². The summed E-state index contributed by atoms with van der Waals surface area (Å²) in [6, 6.07) is 7.69. The number of carbonyl (C=O) groups excluding carboxylic acids is 1. The Morgan fingerprint density at radius 1 is 1.41 bits per heavy atom. The van der Waals surface area contributed by atoms with E-state index < -0.39 is 0 Å². The molecule has 2 heterocycles. The van der Waals surface area contributed by atoms with Crippen molar-refractivity contribution in [3.8, 4) is 5.69 Å². The SMILES string of the molecule is O=C(c1cccc(-n2ccnn2)c1)N1CCCC1CCCO. The number of rotatable bonds is 5. The Hall–Kier alpha value is -2.21. The molecule has 0 spiro atoms. The summed E-state index contributed by atoms with van der Waals surface area (Å²) in [7, 11) is 0. The van der Waals surface area contributed by atoms with E-state index >= 15 is 0 Å².